The third-order valence-corrected chi connectivity index (χ3v) is 1.82. The van der Waals surface area contributed by atoms with Crippen molar-refractivity contribution in [2.24, 2.45) is 0 Å². The Bertz CT molecular complexity index is 151. The largest absolute Gasteiger partial charge is 0.367 e. The highest BCUT2D eigenvalue weighted by Crippen LogP contribution is 1.90. The summed E-state index contributed by atoms with van der Waals surface area (Å²) in [7, 11) is 0. The second-order valence-corrected chi connectivity index (χ2v) is 3.16. The first kappa shape index (κ1) is 13.4. The highest BCUT2D eigenvalue weighted by molar-refractivity contribution is 5.80. The maximum absolute atomic E-state index is 11.3. The zero-order chi connectivity index (χ0) is 10.8. The average molecular weight is 202 g/mol. The second-order valence-electron chi connectivity index (χ2n) is 3.16. The maximum Gasteiger partial charge on any atom is 0.248 e. The van der Waals surface area contributed by atoms with Gasteiger partial charge in [-0.2, -0.15) is 0 Å². The van der Waals surface area contributed by atoms with Crippen LogP contribution in [0.25, 0.3) is 0 Å². The van der Waals surface area contributed by atoms with Crippen molar-refractivity contribution in [3.63, 3.8) is 0 Å². The SMILES string of the molecule is CCCNC(=O)C(C)OCCNCC. The monoisotopic (exact) mass is 202 g/mol. The number of likely N-dealkylation sites (N-methyl/N-ethyl adjacent to an activating group) is 1. The Kier molecular flexibility index (Phi) is 8.57. The van der Waals surface area contributed by atoms with E-state index in [9.17, 15) is 4.79 Å². The van der Waals surface area contributed by atoms with E-state index in [0.717, 1.165) is 26.1 Å². The third kappa shape index (κ3) is 6.86. The fraction of sp³-hybridized carbons (Fsp3) is 0.900. The van der Waals surface area contributed by atoms with Crippen molar-refractivity contribution in [1.29, 1.82) is 0 Å². The van der Waals surface area contributed by atoms with E-state index in [1.165, 1.54) is 0 Å². The van der Waals surface area contributed by atoms with Crippen LogP contribution in [-0.4, -0.2) is 38.3 Å². The molecule has 1 unspecified atom stereocenters. The molecular weight excluding hydrogens is 180 g/mol. The van der Waals surface area contributed by atoms with Gasteiger partial charge < -0.3 is 15.4 Å². The number of carbonyl (C=O) groups is 1. The van der Waals surface area contributed by atoms with Crippen LogP contribution in [0.2, 0.25) is 0 Å². The van der Waals surface area contributed by atoms with Gasteiger partial charge in [0.2, 0.25) is 5.91 Å². The summed E-state index contributed by atoms with van der Waals surface area (Å²) < 4.78 is 5.33. The Balaban J connectivity index is 3.42. The zero-order valence-electron chi connectivity index (χ0n) is 9.43. The molecule has 0 radical (unpaired) electrons. The summed E-state index contributed by atoms with van der Waals surface area (Å²) in [5, 5.41) is 5.92. The molecular formula is C10H22N2O2. The van der Waals surface area contributed by atoms with Crippen LogP contribution in [0.15, 0.2) is 0 Å². The van der Waals surface area contributed by atoms with Crippen molar-refractivity contribution in [2.75, 3.05) is 26.2 Å². The van der Waals surface area contributed by atoms with Gasteiger partial charge in [-0.25, -0.2) is 0 Å². The second kappa shape index (κ2) is 8.97. The molecule has 0 aromatic heterocycles. The van der Waals surface area contributed by atoms with Crippen molar-refractivity contribution >= 4 is 5.91 Å². The molecule has 1 amide bonds. The number of nitrogens with one attached hydrogen (secondary N) is 2. The molecule has 0 aromatic rings. The van der Waals surface area contributed by atoms with E-state index in [0.29, 0.717) is 6.61 Å². The molecule has 4 nitrogen and oxygen atoms in total. The molecule has 14 heavy (non-hydrogen) atoms. The van der Waals surface area contributed by atoms with Crippen LogP contribution in [0.5, 0.6) is 0 Å². The predicted molar refractivity (Wildman–Crippen MR) is 57.3 cm³/mol. The summed E-state index contributed by atoms with van der Waals surface area (Å²) in [5.41, 5.74) is 0. The molecule has 0 bridgehead atoms. The van der Waals surface area contributed by atoms with Crippen LogP contribution in [0.4, 0.5) is 0 Å². The average Bonchev–Trinajstić information content (AvgIpc) is 2.20. The topological polar surface area (TPSA) is 50.4 Å². The van der Waals surface area contributed by atoms with Gasteiger partial charge in [0.15, 0.2) is 0 Å². The summed E-state index contributed by atoms with van der Waals surface area (Å²) in [6.07, 6.45) is 0.607. The van der Waals surface area contributed by atoms with Gasteiger partial charge in [0.1, 0.15) is 6.10 Å². The number of carbonyl (C=O) groups excluding carboxylic acids is 1. The summed E-state index contributed by atoms with van der Waals surface area (Å²) in [5.74, 6) is -0.0247. The van der Waals surface area contributed by atoms with Gasteiger partial charge in [-0.05, 0) is 19.9 Å². The van der Waals surface area contributed by atoms with E-state index in [-0.39, 0.29) is 12.0 Å². The standard InChI is InChI=1S/C10H22N2O2/c1-4-6-12-10(13)9(3)14-8-7-11-5-2/h9,11H,4-8H2,1-3H3,(H,12,13). The first-order chi connectivity index (χ1) is 6.72. The van der Waals surface area contributed by atoms with Gasteiger partial charge in [0.05, 0.1) is 6.61 Å². The minimum Gasteiger partial charge on any atom is -0.367 e. The number of amides is 1. The Morgan fingerprint density at radius 2 is 2.07 bits per heavy atom. The van der Waals surface area contributed by atoms with E-state index >= 15 is 0 Å². The predicted octanol–water partition coefficient (Wildman–Crippen LogP) is 0.527. The fourth-order valence-corrected chi connectivity index (χ4v) is 0.952. The van der Waals surface area contributed by atoms with Crippen LogP contribution in [0, 0.1) is 0 Å². The van der Waals surface area contributed by atoms with Gasteiger partial charge >= 0.3 is 0 Å². The number of hydrogen-bond donors (Lipinski definition) is 2. The lowest BCUT2D eigenvalue weighted by atomic mass is 10.3. The molecule has 0 fully saturated rings. The Hall–Kier alpha value is -0.610. The third-order valence-electron chi connectivity index (χ3n) is 1.82. The Morgan fingerprint density at radius 3 is 2.64 bits per heavy atom. The lowest BCUT2D eigenvalue weighted by molar-refractivity contribution is -0.131. The Labute approximate surface area is 86.4 Å². The van der Waals surface area contributed by atoms with Crippen LogP contribution >= 0.6 is 0 Å². The van der Waals surface area contributed by atoms with E-state index < -0.39 is 0 Å². The van der Waals surface area contributed by atoms with Gasteiger partial charge in [-0.1, -0.05) is 13.8 Å². The van der Waals surface area contributed by atoms with E-state index in [4.69, 9.17) is 4.74 Å². The maximum atomic E-state index is 11.3. The van der Waals surface area contributed by atoms with Crippen molar-refractivity contribution in [2.45, 2.75) is 33.3 Å². The van der Waals surface area contributed by atoms with Gasteiger partial charge in [-0.15, -0.1) is 0 Å². The lowest BCUT2D eigenvalue weighted by Gasteiger charge is -2.12. The number of rotatable bonds is 8. The van der Waals surface area contributed by atoms with Crippen LogP contribution < -0.4 is 10.6 Å². The normalized spacial score (nSPS) is 12.5. The molecule has 2 N–H and O–H groups in total. The summed E-state index contributed by atoms with van der Waals surface area (Å²) in [4.78, 5) is 11.3. The summed E-state index contributed by atoms with van der Waals surface area (Å²) in [6, 6.07) is 0. The molecule has 84 valence electrons. The first-order valence-corrected chi connectivity index (χ1v) is 5.32. The summed E-state index contributed by atoms with van der Waals surface area (Å²) in [6.45, 7) is 8.86. The molecule has 0 saturated heterocycles. The number of ether oxygens (including phenoxy) is 1. The minimum atomic E-state index is -0.347. The van der Waals surface area contributed by atoms with Crippen molar-refractivity contribution in [3.05, 3.63) is 0 Å². The molecule has 1 atom stereocenters. The fourth-order valence-electron chi connectivity index (χ4n) is 0.952. The van der Waals surface area contributed by atoms with Gasteiger partial charge in [0, 0.05) is 13.1 Å². The molecule has 0 aliphatic rings. The molecule has 0 aliphatic heterocycles. The van der Waals surface area contributed by atoms with E-state index in [1.807, 2.05) is 13.8 Å². The number of hydrogen-bond acceptors (Lipinski definition) is 3. The van der Waals surface area contributed by atoms with E-state index in [1.54, 1.807) is 6.92 Å². The molecule has 0 aliphatic carbocycles. The van der Waals surface area contributed by atoms with E-state index in [2.05, 4.69) is 10.6 Å². The molecule has 0 saturated carbocycles. The molecule has 0 rings (SSSR count). The van der Waals surface area contributed by atoms with Crippen LogP contribution in [0.3, 0.4) is 0 Å². The molecule has 0 aromatic carbocycles. The zero-order valence-corrected chi connectivity index (χ0v) is 9.43. The van der Waals surface area contributed by atoms with Gasteiger partial charge in [-0.3, -0.25) is 4.79 Å². The summed E-state index contributed by atoms with van der Waals surface area (Å²) >= 11 is 0. The van der Waals surface area contributed by atoms with Gasteiger partial charge in [0.25, 0.3) is 0 Å². The lowest BCUT2D eigenvalue weighted by Crippen LogP contribution is -2.36. The molecule has 4 heteroatoms. The highest BCUT2D eigenvalue weighted by atomic mass is 16.5. The van der Waals surface area contributed by atoms with Crippen LogP contribution in [0.1, 0.15) is 27.2 Å². The minimum absolute atomic E-state index is 0.0247. The highest BCUT2D eigenvalue weighted by Gasteiger charge is 2.11. The quantitative estimate of drug-likeness (QED) is 0.564. The Morgan fingerprint density at radius 1 is 1.36 bits per heavy atom. The molecule has 0 spiro atoms. The molecule has 0 heterocycles. The smallest absolute Gasteiger partial charge is 0.248 e. The van der Waals surface area contributed by atoms with Crippen molar-refractivity contribution < 1.29 is 9.53 Å². The van der Waals surface area contributed by atoms with Crippen molar-refractivity contribution in [3.8, 4) is 0 Å². The van der Waals surface area contributed by atoms with Crippen LogP contribution in [-0.2, 0) is 9.53 Å². The first-order valence-electron chi connectivity index (χ1n) is 5.32. The van der Waals surface area contributed by atoms with Crippen molar-refractivity contribution in [1.82, 2.24) is 10.6 Å².